The van der Waals surface area contributed by atoms with Crippen molar-refractivity contribution in [2.45, 2.75) is 64.2 Å². The monoisotopic (exact) mass is 569 g/mol. The predicted molar refractivity (Wildman–Crippen MR) is 159 cm³/mol. The molecule has 0 heterocycles. The lowest BCUT2D eigenvalue weighted by atomic mass is 9.77. The molecule has 2 N–H and O–H groups in total. The predicted octanol–water partition coefficient (Wildman–Crippen LogP) is 6.18. The quantitative estimate of drug-likeness (QED) is 0.0968. The Labute approximate surface area is 249 Å². The van der Waals surface area contributed by atoms with E-state index in [2.05, 4.69) is 46.2 Å². The van der Waals surface area contributed by atoms with Crippen molar-refractivity contribution in [2.75, 3.05) is 7.11 Å². The van der Waals surface area contributed by atoms with E-state index in [9.17, 15) is 13.6 Å². The smallest absolute Gasteiger partial charge is 0.371 e. The number of hydrogen-bond donors (Lipinski definition) is 1. The average molecular weight is 569 g/mol. The van der Waals surface area contributed by atoms with Gasteiger partial charge in [-0.1, -0.05) is 50.7 Å². The van der Waals surface area contributed by atoms with Crippen LogP contribution in [0.2, 0.25) is 0 Å². The second kappa shape index (κ2) is 19.2. The van der Waals surface area contributed by atoms with Crippen LogP contribution in [0, 0.1) is 46.9 Å². The SMILES string of the molecule is CCCCCC1CCC(c2ccc(C(=O)Oc3ccc(C#N)c(F)c3)cc2)CC1.[B]/C(F)=C(\[B]ON)C#CC#COC. The number of ether oxygens (including phenoxy) is 2. The van der Waals surface area contributed by atoms with Crippen molar-refractivity contribution >= 4 is 21.3 Å². The second-order valence-electron chi connectivity index (χ2n) is 9.68. The van der Waals surface area contributed by atoms with Crippen molar-refractivity contribution in [2.24, 2.45) is 11.8 Å². The van der Waals surface area contributed by atoms with E-state index in [0.29, 0.717) is 11.5 Å². The molecule has 0 aromatic heterocycles. The third kappa shape index (κ3) is 11.8. The van der Waals surface area contributed by atoms with Crippen molar-refractivity contribution in [3.05, 3.63) is 76.2 Å². The van der Waals surface area contributed by atoms with Gasteiger partial charge < -0.3 is 14.2 Å². The largest absolute Gasteiger partial charge is 0.449 e. The van der Waals surface area contributed by atoms with Gasteiger partial charge in [0.15, 0.2) is 7.85 Å². The van der Waals surface area contributed by atoms with Crippen molar-refractivity contribution in [3.63, 3.8) is 0 Å². The zero-order chi connectivity index (χ0) is 30.7. The minimum Gasteiger partial charge on any atom is -0.449 e. The van der Waals surface area contributed by atoms with E-state index in [0.717, 1.165) is 19.5 Å². The van der Waals surface area contributed by atoms with E-state index in [-0.39, 0.29) is 16.8 Å². The Hall–Kier alpha value is -4.03. The van der Waals surface area contributed by atoms with Gasteiger partial charge in [-0.3, -0.25) is 0 Å². The first-order valence-electron chi connectivity index (χ1n) is 13.7. The summed E-state index contributed by atoms with van der Waals surface area (Å²) in [7, 11) is 7.05. The van der Waals surface area contributed by atoms with Gasteiger partial charge in [0, 0.05) is 23.2 Å². The molecule has 10 heteroatoms. The van der Waals surface area contributed by atoms with Crippen LogP contribution >= 0.6 is 0 Å². The summed E-state index contributed by atoms with van der Waals surface area (Å²) in [6.07, 6.45) is 12.5. The number of unbranched alkanes of at least 4 members (excludes halogenated alkanes) is 2. The summed E-state index contributed by atoms with van der Waals surface area (Å²) in [4.78, 5) is 12.3. The maximum atomic E-state index is 13.7. The first kappa shape index (κ1) is 34.2. The van der Waals surface area contributed by atoms with Gasteiger partial charge in [0.25, 0.3) is 0 Å². The van der Waals surface area contributed by atoms with Gasteiger partial charge in [0.05, 0.1) is 18.2 Å². The number of halogens is 2. The average Bonchev–Trinajstić information content (AvgIpc) is 2.99. The standard InChI is InChI=1S/C25H28FNO2.C7H5B2FNO2/c1-2-3-4-5-18-6-8-19(9-7-18)20-10-12-21(13-11-20)25(28)29-23-15-14-22(17-27)24(26)16-23;1-12-5-3-2-4-6(7(8)10)9-13-11/h10-16,18-19H,2-9H2,1H3;11H2,1H3/b;7-6+. The zero-order valence-corrected chi connectivity index (χ0v) is 23.9. The molecule has 0 spiro atoms. The van der Waals surface area contributed by atoms with Crippen molar-refractivity contribution in [3.8, 4) is 35.7 Å². The van der Waals surface area contributed by atoms with Crippen LogP contribution in [-0.4, -0.2) is 28.4 Å². The molecule has 3 radical (unpaired) electrons. The highest BCUT2D eigenvalue weighted by Gasteiger charge is 2.22. The van der Waals surface area contributed by atoms with Crippen LogP contribution < -0.4 is 10.6 Å². The van der Waals surface area contributed by atoms with Gasteiger partial charge in [-0.05, 0) is 73.3 Å². The lowest BCUT2D eigenvalue weighted by Gasteiger charge is -2.29. The van der Waals surface area contributed by atoms with E-state index in [4.69, 9.17) is 17.8 Å². The van der Waals surface area contributed by atoms with E-state index in [1.54, 1.807) is 18.2 Å². The number of methoxy groups -OCH3 is 1. The summed E-state index contributed by atoms with van der Waals surface area (Å²) in [5, 5.41) is 8.77. The molecule has 0 bridgehead atoms. The Bertz CT molecular complexity index is 1360. The van der Waals surface area contributed by atoms with Crippen LogP contribution in [0.15, 0.2) is 53.7 Å². The first-order chi connectivity index (χ1) is 20.3. The molecular formula is C32H33B2F2N2O4. The van der Waals surface area contributed by atoms with Crippen molar-refractivity contribution in [1.29, 1.82) is 5.26 Å². The van der Waals surface area contributed by atoms with Crippen molar-refractivity contribution in [1.82, 2.24) is 0 Å². The molecular weight excluding hydrogens is 536 g/mol. The molecule has 3 rings (SSSR count). The van der Waals surface area contributed by atoms with Crippen LogP contribution in [0.25, 0.3) is 0 Å². The first-order valence-corrected chi connectivity index (χ1v) is 13.7. The fourth-order valence-electron chi connectivity index (χ4n) is 4.56. The topological polar surface area (TPSA) is 94.6 Å². The molecule has 0 amide bonds. The van der Waals surface area contributed by atoms with Crippen molar-refractivity contribution < 1.29 is 27.8 Å². The number of carbonyl (C=O) groups excluding carboxylic acids is 1. The number of rotatable bonds is 9. The van der Waals surface area contributed by atoms with Gasteiger partial charge in [-0.15, -0.1) is 0 Å². The molecule has 0 unspecified atom stereocenters. The van der Waals surface area contributed by atoms with E-state index >= 15 is 0 Å². The lowest BCUT2D eigenvalue weighted by Crippen LogP contribution is -2.14. The molecule has 0 aliphatic heterocycles. The fourth-order valence-corrected chi connectivity index (χ4v) is 4.56. The Morgan fingerprint density at radius 2 is 1.83 bits per heavy atom. The minimum atomic E-state index is -0.989. The molecule has 1 aliphatic rings. The normalized spacial score (nSPS) is 16.0. The molecule has 2 aromatic rings. The van der Waals surface area contributed by atoms with Gasteiger partial charge >= 0.3 is 13.5 Å². The van der Waals surface area contributed by atoms with Gasteiger partial charge in [-0.25, -0.2) is 19.5 Å². The van der Waals surface area contributed by atoms with Gasteiger partial charge in [-0.2, -0.15) is 5.26 Å². The summed E-state index contributed by atoms with van der Waals surface area (Å²) < 4.78 is 39.7. The molecule has 0 atom stereocenters. The lowest BCUT2D eigenvalue weighted by molar-refractivity contribution is 0.0734. The Morgan fingerprint density at radius 1 is 1.12 bits per heavy atom. The van der Waals surface area contributed by atoms with E-state index in [1.807, 2.05) is 12.1 Å². The summed E-state index contributed by atoms with van der Waals surface area (Å²) in [6, 6.07) is 13.1. The van der Waals surface area contributed by atoms with Gasteiger partial charge in [0.2, 0.25) is 0 Å². The summed E-state index contributed by atoms with van der Waals surface area (Å²) in [5.41, 5.74) is 0.476. The van der Waals surface area contributed by atoms with Crippen LogP contribution in [0.3, 0.4) is 0 Å². The molecule has 42 heavy (non-hydrogen) atoms. The molecule has 215 valence electrons. The fraction of sp³-hybridized carbons (Fsp3) is 0.375. The van der Waals surface area contributed by atoms with E-state index < -0.39 is 17.5 Å². The minimum absolute atomic E-state index is 0.0748. The maximum Gasteiger partial charge on any atom is 0.371 e. The second-order valence-corrected chi connectivity index (χ2v) is 9.68. The Balaban J connectivity index is 0.000000401. The summed E-state index contributed by atoms with van der Waals surface area (Å²) >= 11 is 0. The molecule has 1 aliphatic carbocycles. The number of benzene rings is 2. The number of esters is 1. The number of nitriles is 1. The highest BCUT2D eigenvalue weighted by atomic mass is 19.1. The molecule has 6 nitrogen and oxygen atoms in total. The van der Waals surface area contributed by atoms with Crippen LogP contribution in [0.4, 0.5) is 8.78 Å². The number of hydrogen-bond acceptors (Lipinski definition) is 6. The maximum absolute atomic E-state index is 13.7. The molecule has 0 saturated heterocycles. The summed E-state index contributed by atoms with van der Waals surface area (Å²) in [6.45, 7) is 2.25. The third-order valence-electron chi connectivity index (χ3n) is 6.81. The number of allylic oxidation sites excluding steroid dienone is 1. The van der Waals surface area contributed by atoms with Gasteiger partial charge in [0.1, 0.15) is 23.7 Å². The summed E-state index contributed by atoms with van der Waals surface area (Å²) in [5.74, 6) is 11.8. The Kier molecular flexibility index (Phi) is 15.6. The number of carbonyl (C=O) groups is 1. The molecule has 1 saturated carbocycles. The number of nitrogens with two attached hydrogens (primary N) is 1. The third-order valence-corrected chi connectivity index (χ3v) is 6.81. The Morgan fingerprint density at radius 3 is 2.40 bits per heavy atom. The van der Waals surface area contributed by atoms with Crippen LogP contribution in [-0.2, 0) is 9.49 Å². The molecule has 2 aromatic carbocycles. The highest BCUT2D eigenvalue weighted by molar-refractivity contribution is 6.43. The zero-order valence-electron chi connectivity index (χ0n) is 23.9. The van der Waals surface area contributed by atoms with Crippen LogP contribution in [0.5, 0.6) is 5.75 Å². The van der Waals surface area contributed by atoms with E-state index in [1.165, 1.54) is 76.2 Å². The highest BCUT2D eigenvalue weighted by Crippen LogP contribution is 2.37. The van der Waals surface area contributed by atoms with Crippen LogP contribution in [0.1, 0.15) is 85.7 Å². The molecule has 1 fully saturated rings. The number of nitrogens with zero attached hydrogens (tertiary/aromatic N) is 1.